The number of carboxylic acid groups (broad SMARTS) is 1. The molecular formula is C14H19NO3. The van der Waals surface area contributed by atoms with Gasteiger partial charge in [-0.1, -0.05) is 36.8 Å². The van der Waals surface area contributed by atoms with Gasteiger partial charge in [-0.2, -0.15) is 0 Å². The molecule has 0 fully saturated rings. The molecular weight excluding hydrogens is 230 g/mol. The van der Waals surface area contributed by atoms with Crippen molar-refractivity contribution in [2.24, 2.45) is 0 Å². The fraction of sp³-hybridized carbons (Fsp3) is 0.429. The maximum absolute atomic E-state index is 10.9. The molecule has 0 radical (unpaired) electrons. The molecule has 1 aromatic rings. The number of hydrogen-bond acceptors (Lipinski definition) is 2. The summed E-state index contributed by atoms with van der Waals surface area (Å²) in [5.74, 6) is -1.27. The standard InChI is InChI=1S/C14H19NO3/c1-11(16)15-13(14(17)18)10-6-5-9-12-7-3-2-4-8-12/h2-4,7-8,13H,5-6,9-10H2,1H3,(H,15,16)(H,17,18)/t13-/m0/s1. The Morgan fingerprint density at radius 1 is 1.22 bits per heavy atom. The van der Waals surface area contributed by atoms with E-state index >= 15 is 0 Å². The van der Waals surface area contributed by atoms with Gasteiger partial charge in [0.05, 0.1) is 0 Å². The number of hydrogen-bond donors (Lipinski definition) is 2. The van der Waals surface area contributed by atoms with Crippen LogP contribution in [0.1, 0.15) is 31.7 Å². The van der Waals surface area contributed by atoms with Crippen molar-refractivity contribution < 1.29 is 14.7 Å². The summed E-state index contributed by atoms with van der Waals surface area (Å²) in [6, 6.07) is 9.31. The molecule has 18 heavy (non-hydrogen) atoms. The van der Waals surface area contributed by atoms with E-state index in [1.165, 1.54) is 12.5 Å². The van der Waals surface area contributed by atoms with E-state index in [2.05, 4.69) is 17.4 Å². The van der Waals surface area contributed by atoms with Crippen molar-refractivity contribution in [2.75, 3.05) is 0 Å². The van der Waals surface area contributed by atoms with Gasteiger partial charge in [0.2, 0.25) is 5.91 Å². The maximum atomic E-state index is 10.9. The number of amides is 1. The van der Waals surface area contributed by atoms with Gasteiger partial charge < -0.3 is 10.4 Å². The van der Waals surface area contributed by atoms with Crippen LogP contribution in [0.25, 0.3) is 0 Å². The predicted molar refractivity (Wildman–Crippen MR) is 69.2 cm³/mol. The van der Waals surface area contributed by atoms with Crippen LogP contribution in [0.3, 0.4) is 0 Å². The zero-order chi connectivity index (χ0) is 13.4. The normalized spacial score (nSPS) is 11.8. The van der Waals surface area contributed by atoms with Crippen LogP contribution >= 0.6 is 0 Å². The number of carbonyl (C=O) groups is 2. The van der Waals surface area contributed by atoms with Crippen molar-refractivity contribution in [3.63, 3.8) is 0 Å². The van der Waals surface area contributed by atoms with E-state index in [0.717, 1.165) is 19.3 Å². The lowest BCUT2D eigenvalue weighted by Gasteiger charge is -2.12. The first kappa shape index (κ1) is 14.2. The number of nitrogens with one attached hydrogen (secondary N) is 1. The van der Waals surface area contributed by atoms with E-state index in [9.17, 15) is 9.59 Å². The highest BCUT2D eigenvalue weighted by Crippen LogP contribution is 2.08. The lowest BCUT2D eigenvalue weighted by Crippen LogP contribution is -2.39. The van der Waals surface area contributed by atoms with Crippen LogP contribution in [0.2, 0.25) is 0 Å². The molecule has 4 nitrogen and oxygen atoms in total. The minimum Gasteiger partial charge on any atom is -0.480 e. The maximum Gasteiger partial charge on any atom is 0.326 e. The Bertz CT molecular complexity index is 389. The molecule has 0 spiro atoms. The molecule has 4 heteroatoms. The molecule has 0 heterocycles. The number of carbonyl (C=O) groups excluding carboxylic acids is 1. The zero-order valence-electron chi connectivity index (χ0n) is 10.6. The van der Waals surface area contributed by atoms with Gasteiger partial charge in [-0.25, -0.2) is 4.79 Å². The summed E-state index contributed by atoms with van der Waals surface area (Å²) in [5.41, 5.74) is 1.25. The number of carboxylic acids is 1. The summed E-state index contributed by atoms with van der Waals surface area (Å²) < 4.78 is 0. The number of aliphatic carboxylic acids is 1. The van der Waals surface area contributed by atoms with Gasteiger partial charge in [0.25, 0.3) is 0 Å². The molecule has 2 N–H and O–H groups in total. The van der Waals surface area contributed by atoms with E-state index in [1.54, 1.807) is 0 Å². The van der Waals surface area contributed by atoms with Crippen molar-refractivity contribution in [1.29, 1.82) is 0 Å². The molecule has 0 aliphatic carbocycles. The number of benzene rings is 1. The molecule has 1 rings (SSSR count). The SMILES string of the molecule is CC(=O)N[C@@H](CCCCc1ccccc1)C(=O)O. The van der Waals surface area contributed by atoms with E-state index in [0.29, 0.717) is 6.42 Å². The van der Waals surface area contributed by atoms with Crippen LogP contribution in [0.15, 0.2) is 30.3 Å². The largest absolute Gasteiger partial charge is 0.480 e. The summed E-state index contributed by atoms with van der Waals surface area (Å²) in [6.45, 7) is 1.33. The first-order chi connectivity index (χ1) is 8.59. The number of rotatable bonds is 7. The molecule has 1 amide bonds. The van der Waals surface area contributed by atoms with Gasteiger partial charge in [-0.15, -0.1) is 0 Å². The van der Waals surface area contributed by atoms with Gasteiger partial charge in [0.1, 0.15) is 6.04 Å². The quantitative estimate of drug-likeness (QED) is 0.726. The second-order valence-electron chi connectivity index (χ2n) is 4.32. The van der Waals surface area contributed by atoms with Crippen molar-refractivity contribution in [1.82, 2.24) is 5.32 Å². The monoisotopic (exact) mass is 249 g/mol. The fourth-order valence-electron chi connectivity index (χ4n) is 1.83. The first-order valence-corrected chi connectivity index (χ1v) is 6.13. The molecule has 1 atom stereocenters. The second-order valence-corrected chi connectivity index (χ2v) is 4.32. The van der Waals surface area contributed by atoms with Crippen molar-refractivity contribution >= 4 is 11.9 Å². The van der Waals surface area contributed by atoms with E-state index < -0.39 is 12.0 Å². The summed E-state index contributed by atoms with van der Waals surface area (Å²) in [5, 5.41) is 11.4. The van der Waals surface area contributed by atoms with Crippen LogP contribution in [-0.2, 0) is 16.0 Å². The van der Waals surface area contributed by atoms with E-state index in [1.807, 2.05) is 18.2 Å². The van der Waals surface area contributed by atoms with Gasteiger partial charge in [-0.05, 0) is 24.8 Å². The van der Waals surface area contributed by atoms with E-state index in [4.69, 9.17) is 5.11 Å². The van der Waals surface area contributed by atoms with Crippen molar-refractivity contribution in [2.45, 2.75) is 38.6 Å². The molecule has 1 aromatic carbocycles. The number of aryl methyl sites for hydroxylation is 1. The lowest BCUT2D eigenvalue weighted by atomic mass is 10.0. The lowest BCUT2D eigenvalue weighted by molar-refractivity contribution is -0.141. The molecule has 0 saturated heterocycles. The summed E-state index contributed by atoms with van der Waals surface area (Å²) in [4.78, 5) is 21.7. The fourth-order valence-corrected chi connectivity index (χ4v) is 1.83. The molecule has 0 bridgehead atoms. The van der Waals surface area contributed by atoms with Gasteiger partial charge in [0.15, 0.2) is 0 Å². The van der Waals surface area contributed by atoms with Crippen LogP contribution in [-0.4, -0.2) is 23.0 Å². The summed E-state index contributed by atoms with van der Waals surface area (Å²) in [6.07, 6.45) is 3.12. The molecule has 0 aromatic heterocycles. The summed E-state index contributed by atoms with van der Waals surface area (Å²) in [7, 11) is 0. The average Bonchev–Trinajstić information content (AvgIpc) is 2.33. The van der Waals surface area contributed by atoms with Gasteiger partial charge in [0, 0.05) is 6.92 Å². The van der Waals surface area contributed by atoms with E-state index in [-0.39, 0.29) is 5.91 Å². The van der Waals surface area contributed by atoms with Crippen molar-refractivity contribution in [3.05, 3.63) is 35.9 Å². The topological polar surface area (TPSA) is 66.4 Å². The Balaban J connectivity index is 2.27. The van der Waals surface area contributed by atoms with Gasteiger partial charge >= 0.3 is 5.97 Å². The Hall–Kier alpha value is -1.84. The first-order valence-electron chi connectivity index (χ1n) is 6.13. The highest BCUT2D eigenvalue weighted by atomic mass is 16.4. The number of unbranched alkanes of at least 4 members (excludes halogenated alkanes) is 1. The molecule has 98 valence electrons. The minimum absolute atomic E-state index is 0.301. The Kier molecular flexibility index (Phi) is 5.91. The average molecular weight is 249 g/mol. The highest BCUT2D eigenvalue weighted by molar-refractivity contribution is 5.81. The van der Waals surface area contributed by atoms with Gasteiger partial charge in [-0.3, -0.25) is 4.79 Å². The zero-order valence-corrected chi connectivity index (χ0v) is 10.6. The van der Waals surface area contributed by atoms with Crippen LogP contribution in [0, 0.1) is 0 Å². The third-order valence-corrected chi connectivity index (χ3v) is 2.73. The van der Waals surface area contributed by atoms with Crippen LogP contribution in [0.5, 0.6) is 0 Å². The third kappa shape index (κ3) is 5.48. The second kappa shape index (κ2) is 7.48. The molecule has 0 aliphatic heterocycles. The Labute approximate surface area is 107 Å². The molecule has 0 saturated carbocycles. The summed E-state index contributed by atoms with van der Waals surface area (Å²) >= 11 is 0. The van der Waals surface area contributed by atoms with Crippen molar-refractivity contribution in [3.8, 4) is 0 Å². The molecule has 0 aliphatic rings. The Morgan fingerprint density at radius 2 is 1.89 bits per heavy atom. The highest BCUT2D eigenvalue weighted by Gasteiger charge is 2.17. The van der Waals surface area contributed by atoms with Crippen LogP contribution in [0.4, 0.5) is 0 Å². The smallest absolute Gasteiger partial charge is 0.326 e. The molecule has 0 unspecified atom stereocenters. The third-order valence-electron chi connectivity index (χ3n) is 2.73. The predicted octanol–water partition coefficient (Wildman–Crippen LogP) is 1.99. The minimum atomic E-state index is -0.968. The Morgan fingerprint density at radius 3 is 2.44 bits per heavy atom. The van der Waals surface area contributed by atoms with Crippen LogP contribution < -0.4 is 5.32 Å².